The molecule has 0 radical (unpaired) electrons. The summed E-state index contributed by atoms with van der Waals surface area (Å²) in [7, 11) is 0. The molecule has 0 N–H and O–H groups in total. The van der Waals surface area contributed by atoms with Crippen molar-refractivity contribution in [3.05, 3.63) is 78.5 Å². The first-order valence-corrected chi connectivity index (χ1v) is 8.05. The van der Waals surface area contributed by atoms with Gasteiger partial charge in [0.05, 0.1) is 5.56 Å². The van der Waals surface area contributed by atoms with Crippen LogP contribution in [0.2, 0.25) is 0 Å². The monoisotopic (exact) mass is 320 g/mol. The first kappa shape index (κ1) is 15.9. The minimum absolute atomic E-state index is 0.0121. The summed E-state index contributed by atoms with van der Waals surface area (Å²) in [5.74, 6) is 0.759. The number of likely N-dealkylation sites (N-methyl/N-ethyl adjacent to an activating group) is 1. The van der Waals surface area contributed by atoms with Crippen molar-refractivity contribution >= 4 is 5.91 Å². The number of hydrogen-bond acceptors (Lipinski definition) is 3. The minimum Gasteiger partial charge on any atom is -0.339 e. The summed E-state index contributed by atoms with van der Waals surface area (Å²) >= 11 is 0. The van der Waals surface area contributed by atoms with Gasteiger partial charge in [-0.25, -0.2) is 9.97 Å². The molecule has 0 bridgehead atoms. The molecule has 0 fully saturated rings. The highest BCUT2D eigenvalue weighted by Gasteiger charge is 2.14. The molecule has 0 aliphatic heterocycles. The fourth-order valence-corrected chi connectivity index (χ4v) is 2.55. The van der Waals surface area contributed by atoms with E-state index in [2.05, 4.69) is 22.1 Å². The van der Waals surface area contributed by atoms with Gasteiger partial charge in [0.1, 0.15) is 12.1 Å². The maximum absolute atomic E-state index is 12.7. The maximum Gasteiger partial charge on any atom is 0.255 e. The first-order chi connectivity index (χ1) is 11.8. The Balaban J connectivity index is 1.67. The number of benzene rings is 1. The van der Waals surface area contributed by atoms with Gasteiger partial charge >= 0.3 is 0 Å². The average Bonchev–Trinajstić information content (AvgIpc) is 3.18. The lowest BCUT2D eigenvalue weighted by Gasteiger charge is -2.21. The molecule has 3 aromatic rings. The molecule has 2 heterocycles. The molecule has 0 spiro atoms. The highest BCUT2D eigenvalue weighted by atomic mass is 16.2. The molecule has 5 nitrogen and oxygen atoms in total. The van der Waals surface area contributed by atoms with Crippen LogP contribution in [0.4, 0.5) is 0 Å². The highest BCUT2D eigenvalue weighted by molar-refractivity contribution is 5.94. The summed E-state index contributed by atoms with van der Waals surface area (Å²) in [6.45, 7) is 3.37. The fraction of sp³-hybridized carbons (Fsp3) is 0.211. The van der Waals surface area contributed by atoms with Crippen LogP contribution in [0, 0.1) is 0 Å². The van der Waals surface area contributed by atoms with Crippen LogP contribution in [0.1, 0.15) is 22.8 Å². The Morgan fingerprint density at radius 3 is 2.62 bits per heavy atom. The quantitative estimate of drug-likeness (QED) is 0.701. The van der Waals surface area contributed by atoms with E-state index in [9.17, 15) is 4.79 Å². The molecule has 0 saturated heterocycles. The third-order valence-electron chi connectivity index (χ3n) is 3.95. The molecule has 3 rings (SSSR count). The number of nitrogens with zero attached hydrogens (tertiary/aromatic N) is 4. The lowest BCUT2D eigenvalue weighted by molar-refractivity contribution is 0.0766. The SMILES string of the molecule is CCN(CCc1ccccc1)C(=O)c1ccc(-n2ccnc2)nc1. The number of carbonyl (C=O) groups is 1. The van der Waals surface area contributed by atoms with Crippen molar-refractivity contribution in [2.24, 2.45) is 0 Å². The Morgan fingerprint density at radius 1 is 1.17 bits per heavy atom. The number of amides is 1. The Hall–Kier alpha value is -2.95. The summed E-state index contributed by atoms with van der Waals surface area (Å²) in [5, 5.41) is 0. The van der Waals surface area contributed by atoms with Gasteiger partial charge in [0.25, 0.3) is 5.91 Å². The predicted molar refractivity (Wildman–Crippen MR) is 93.1 cm³/mol. The standard InChI is InChI=1S/C19H20N4O/c1-2-22(12-10-16-6-4-3-5-7-16)19(24)17-8-9-18(21-14-17)23-13-11-20-15-23/h3-9,11,13-15H,2,10,12H2,1H3. The van der Waals surface area contributed by atoms with Gasteiger partial charge in [-0.3, -0.25) is 9.36 Å². The van der Waals surface area contributed by atoms with E-state index in [1.54, 1.807) is 23.3 Å². The van der Waals surface area contributed by atoms with Crippen LogP contribution in [0.3, 0.4) is 0 Å². The zero-order valence-electron chi connectivity index (χ0n) is 13.7. The number of carbonyl (C=O) groups excluding carboxylic acids is 1. The second-order valence-electron chi connectivity index (χ2n) is 5.50. The Morgan fingerprint density at radius 2 is 2.00 bits per heavy atom. The zero-order valence-corrected chi connectivity index (χ0v) is 13.7. The second kappa shape index (κ2) is 7.55. The molecule has 122 valence electrons. The number of imidazole rings is 1. The van der Waals surface area contributed by atoms with E-state index in [1.807, 2.05) is 48.4 Å². The molecule has 0 aliphatic rings. The van der Waals surface area contributed by atoms with E-state index in [0.717, 1.165) is 12.2 Å². The summed E-state index contributed by atoms with van der Waals surface area (Å²) in [6.07, 6.45) is 7.68. The van der Waals surface area contributed by atoms with Crippen molar-refractivity contribution in [3.63, 3.8) is 0 Å². The molecule has 0 aliphatic carbocycles. The molecular weight excluding hydrogens is 300 g/mol. The number of rotatable bonds is 6. The van der Waals surface area contributed by atoms with Crippen LogP contribution >= 0.6 is 0 Å². The van der Waals surface area contributed by atoms with Gasteiger partial charge in [-0.15, -0.1) is 0 Å². The van der Waals surface area contributed by atoms with E-state index in [1.165, 1.54) is 5.56 Å². The van der Waals surface area contributed by atoms with E-state index in [0.29, 0.717) is 18.7 Å². The molecule has 1 aromatic carbocycles. The maximum atomic E-state index is 12.7. The van der Waals surface area contributed by atoms with Gasteiger partial charge in [-0.2, -0.15) is 0 Å². The van der Waals surface area contributed by atoms with Crippen molar-refractivity contribution in [1.29, 1.82) is 0 Å². The van der Waals surface area contributed by atoms with Crippen LogP contribution in [0.15, 0.2) is 67.4 Å². The Labute approximate surface area is 141 Å². The van der Waals surface area contributed by atoms with Gasteiger partial charge in [0, 0.05) is 31.7 Å². The molecular formula is C19H20N4O. The minimum atomic E-state index is 0.0121. The molecule has 0 atom stereocenters. The molecule has 5 heteroatoms. The van der Waals surface area contributed by atoms with Crippen molar-refractivity contribution in [2.75, 3.05) is 13.1 Å². The van der Waals surface area contributed by atoms with Gasteiger partial charge in [0.2, 0.25) is 0 Å². The van der Waals surface area contributed by atoms with E-state index < -0.39 is 0 Å². The third-order valence-corrected chi connectivity index (χ3v) is 3.95. The van der Waals surface area contributed by atoms with Crippen LogP contribution < -0.4 is 0 Å². The lowest BCUT2D eigenvalue weighted by atomic mass is 10.1. The molecule has 1 amide bonds. The van der Waals surface area contributed by atoms with Gasteiger partial charge in [-0.05, 0) is 31.0 Å². The fourth-order valence-electron chi connectivity index (χ4n) is 2.55. The lowest BCUT2D eigenvalue weighted by Crippen LogP contribution is -2.32. The number of hydrogen-bond donors (Lipinski definition) is 0. The summed E-state index contributed by atoms with van der Waals surface area (Å²) in [5.41, 5.74) is 1.84. The Kier molecular flexibility index (Phi) is 5.01. The number of pyridine rings is 1. The van der Waals surface area contributed by atoms with Gasteiger partial charge < -0.3 is 4.90 Å². The van der Waals surface area contributed by atoms with Crippen molar-refractivity contribution in [3.8, 4) is 5.82 Å². The molecule has 0 unspecified atom stereocenters. The summed E-state index contributed by atoms with van der Waals surface area (Å²) in [4.78, 5) is 22.9. The zero-order chi connectivity index (χ0) is 16.8. The molecule has 2 aromatic heterocycles. The van der Waals surface area contributed by atoms with Crippen molar-refractivity contribution < 1.29 is 4.79 Å². The van der Waals surface area contributed by atoms with Gasteiger partial charge in [-0.1, -0.05) is 30.3 Å². The molecule has 24 heavy (non-hydrogen) atoms. The largest absolute Gasteiger partial charge is 0.339 e. The van der Waals surface area contributed by atoms with Crippen LogP contribution in [0.5, 0.6) is 0 Å². The highest BCUT2D eigenvalue weighted by Crippen LogP contribution is 2.09. The average molecular weight is 320 g/mol. The normalized spacial score (nSPS) is 10.5. The third kappa shape index (κ3) is 3.68. The van der Waals surface area contributed by atoms with Gasteiger partial charge in [0.15, 0.2) is 0 Å². The van der Waals surface area contributed by atoms with Crippen molar-refractivity contribution in [1.82, 2.24) is 19.4 Å². The van der Waals surface area contributed by atoms with E-state index in [4.69, 9.17) is 0 Å². The van der Waals surface area contributed by atoms with E-state index >= 15 is 0 Å². The first-order valence-electron chi connectivity index (χ1n) is 8.05. The van der Waals surface area contributed by atoms with Crippen LogP contribution in [0.25, 0.3) is 5.82 Å². The Bertz CT molecular complexity index is 767. The van der Waals surface area contributed by atoms with Crippen LogP contribution in [-0.4, -0.2) is 38.4 Å². The second-order valence-corrected chi connectivity index (χ2v) is 5.50. The predicted octanol–water partition coefficient (Wildman–Crippen LogP) is 2.97. The summed E-state index contributed by atoms with van der Waals surface area (Å²) in [6, 6.07) is 13.9. The van der Waals surface area contributed by atoms with Crippen LogP contribution in [-0.2, 0) is 6.42 Å². The topological polar surface area (TPSA) is 51.0 Å². The van der Waals surface area contributed by atoms with Crippen molar-refractivity contribution in [2.45, 2.75) is 13.3 Å². The molecule has 0 saturated carbocycles. The summed E-state index contributed by atoms with van der Waals surface area (Å²) < 4.78 is 1.81. The smallest absolute Gasteiger partial charge is 0.255 e. The van der Waals surface area contributed by atoms with E-state index in [-0.39, 0.29) is 5.91 Å². The number of aromatic nitrogens is 3.